The van der Waals surface area contributed by atoms with Crippen molar-refractivity contribution in [2.24, 2.45) is 0 Å². The molecule has 142 valence electrons. The van der Waals surface area contributed by atoms with Crippen molar-refractivity contribution in [1.29, 1.82) is 0 Å². The molecule has 0 bridgehead atoms. The van der Waals surface area contributed by atoms with Crippen LogP contribution in [0.3, 0.4) is 0 Å². The largest absolute Gasteiger partial charge is 0.336 e. The lowest BCUT2D eigenvalue weighted by Crippen LogP contribution is -2.54. The van der Waals surface area contributed by atoms with Gasteiger partial charge in [0, 0.05) is 24.8 Å². The van der Waals surface area contributed by atoms with Gasteiger partial charge in [-0.05, 0) is 44.2 Å². The third kappa shape index (κ3) is 5.38. The van der Waals surface area contributed by atoms with Crippen molar-refractivity contribution in [3.63, 3.8) is 0 Å². The van der Waals surface area contributed by atoms with Crippen LogP contribution in [0.2, 0.25) is 0 Å². The lowest BCUT2D eigenvalue weighted by molar-refractivity contribution is 0.145. The minimum Gasteiger partial charge on any atom is -0.336 e. The molecule has 1 saturated carbocycles. The summed E-state index contributed by atoms with van der Waals surface area (Å²) in [5.74, 6) is 0. The van der Waals surface area contributed by atoms with Crippen LogP contribution < -0.4 is 16.0 Å². The Bertz CT molecular complexity index is 587. The molecule has 2 fully saturated rings. The Kier molecular flexibility index (Phi) is 6.75. The monoisotopic (exact) mass is 358 g/mol. The van der Waals surface area contributed by atoms with Crippen LogP contribution in [-0.2, 0) is 0 Å². The Morgan fingerprint density at radius 1 is 0.962 bits per heavy atom. The van der Waals surface area contributed by atoms with E-state index in [0.717, 1.165) is 44.3 Å². The summed E-state index contributed by atoms with van der Waals surface area (Å²) >= 11 is 0. The molecule has 0 radical (unpaired) electrons. The van der Waals surface area contributed by atoms with Crippen LogP contribution in [0.5, 0.6) is 0 Å². The summed E-state index contributed by atoms with van der Waals surface area (Å²) in [6.07, 6.45) is 8.92. The van der Waals surface area contributed by atoms with Gasteiger partial charge in [0.15, 0.2) is 0 Å². The van der Waals surface area contributed by atoms with E-state index in [1.165, 1.54) is 19.3 Å². The fraction of sp³-hybridized carbons (Fsp3) is 0.600. The van der Waals surface area contributed by atoms with Gasteiger partial charge in [-0.1, -0.05) is 37.5 Å². The molecule has 1 aromatic rings. The van der Waals surface area contributed by atoms with Gasteiger partial charge in [-0.2, -0.15) is 0 Å². The van der Waals surface area contributed by atoms with Crippen LogP contribution in [0.1, 0.15) is 51.4 Å². The zero-order valence-corrected chi connectivity index (χ0v) is 15.4. The lowest BCUT2D eigenvalue weighted by atomic mass is 9.95. The molecule has 0 spiro atoms. The van der Waals surface area contributed by atoms with Gasteiger partial charge in [0.25, 0.3) is 0 Å². The molecule has 2 aliphatic rings. The van der Waals surface area contributed by atoms with Crippen LogP contribution in [0, 0.1) is 0 Å². The third-order valence-corrected chi connectivity index (χ3v) is 5.35. The number of piperidine rings is 1. The first-order valence-electron chi connectivity index (χ1n) is 9.89. The maximum Gasteiger partial charge on any atom is 0.319 e. The molecule has 26 heavy (non-hydrogen) atoms. The first-order valence-corrected chi connectivity index (χ1v) is 9.89. The van der Waals surface area contributed by atoms with Crippen molar-refractivity contribution in [2.45, 2.75) is 63.5 Å². The minimum atomic E-state index is -0.227. The number of urea groups is 2. The molecule has 1 atom stereocenters. The molecule has 0 aromatic heterocycles. The van der Waals surface area contributed by atoms with Gasteiger partial charge in [0.05, 0.1) is 6.04 Å². The zero-order valence-electron chi connectivity index (χ0n) is 15.4. The second-order valence-electron chi connectivity index (χ2n) is 7.33. The van der Waals surface area contributed by atoms with Crippen molar-refractivity contribution in [1.82, 2.24) is 15.5 Å². The molecule has 3 N–H and O–H groups in total. The fourth-order valence-electron chi connectivity index (χ4n) is 3.89. The summed E-state index contributed by atoms with van der Waals surface area (Å²) in [5.41, 5.74) is 0.764. The Labute approximate surface area is 155 Å². The number of rotatable bonds is 4. The fourth-order valence-corrected chi connectivity index (χ4v) is 3.89. The van der Waals surface area contributed by atoms with Crippen LogP contribution in [0.15, 0.2) is 30.3 Å². The van der Waals surface area contributed by atoms with E-state index in [4.69, 9.17) is 0 Å². The molecule has 1 saturated heterocycles. The Hall–Kier alpha value is -2.24. The number of amides is 4. The minimum absolute atomic E-state index is 0.0341. The predicted molar refractivity (Wildman–Crippen MR) is 103 cm³/mol. The van der Waals surface area contributed by atoms with Crippen molar-refractivity contribution in [2.75, 3.05) is 18.4 Å². The zero-order chi connectivity index (χ0) is 18.2. The van der Waals surface area contributed by atoms with Crippen molar-refractivity contribution >= 4 is 17.7 Å². The smallest absolute Gasteiger partial charge is 0.319 e. The summed E-state index contributed by atoms with van der Waals surface area (Å²) in [7, 11) is 0. The summed E-state index contributed by atoms with van der Waals surface area (Å²) < 4.78 is 0. The maximum atomic E-state index is 12.7. The molecule has 1 aliphatic heterocycles. The van der Waals surface area contributed by atoms with Crippen LogP contribution >= 0.6 is 0 Å². The van der Waals surface area contributed by atoms with Crippen molar-refractivity contribution < 1.29 is 9.59 Å². The number of likely N-dealkylation sites (tertiary alicyclic amines) is 1. The first kappa shape index (κ1) is 18.5. The summed E-state index contributed by atoms with van der Waals surface area (Å²) in [5, 5.41) is 8.94. The van der Waals surface area contributed by atoms with Gasteiger partial charge in [0.1, 0.15) is 0 Å². The van der Waals surface area contributed by atoms with E-state index in [1.807, 2.05) is 35.2 Å². The average Bonchev–Trinajstić information content (AvgIpc) is 2.68. The van der Waals surface area contributed by atoms with Gasteiger partial charge in [-0.25, -0.2) is 9.59 Å². The molecule has 6 nitrogen and oxygen atoms in total. The summed E-state index contributed by atoms with van der Waals surface area (Å²) in [4.78, 5) is 26.7. The number of anilines is 1. The summed E-state index contributed by atoms with van der Waals surface area (Å²) in [6, 6.07) is 9.56. The van der Waals surface area contributed by atoms with E-state index >= 15 is 0 Å². The van der Waals surface area contributed by atoms with E-state index < -0.39 is 0 Å². The first-order chi connectivity index (χ1) is 12.7. The lowest BCUT2D eigenvalue weighted by Gasteiger charge is -2.37. The van der Waals surface area contributed by atoms with Crippen molar-refractivity contribution in [3.05, 3.63) is 30.3 Å². The SMILES string of the molecule is O=C(NC[C@H]1CCCCN1C(=O)NC1CCCCC1)Nc1ccccc1. The highest BCUT2D eigenvalue weighted by Gasteiger charge is 2.28. The highest BCUT2D eigenvalue weighted by Crippen LogP contribution is 2.20. The highest BCUT2D eigenvalue weighted by molar-refractivity contribution is 5.89. The van der Waals surface area contributed by atoms with Gasteiger partial charge >= 0.3 is 12.1 Å². The van der Waals surface area contributed by atoms with Crippen molar-refractivity contribution in [3.8, 4) is 0 Å². The molecule has 0 unspecified atom stereocenters. The van der Waals surface area contributed by atoms with Gasteiger partial charge < -0.3 is 20.9 Å². The Balaban J connectivity index is 1.48. The number of nitrogens with zero attached hydrogens (tertiary/aromatic N) is 1. The normalized spacial score (nSPS) is 21.1. The van der Waals surface area contributed by atoms with Crippen LogP contribution in [-0.4, -0.2) is 42.1 Å². The van der Waals surface area contributed by atoms with Gasteiger partial charge in [-0.15, -0.1) is 0 Å². The van der Waals surface area contributed by atoms with Gasteiger partial charge in [0.2, 0.25) is 0 Å². The molecule has 6 heteroatoms. The molecular weight excluding hydrogens is 328 g/mol. The number of para-hydroxylation sites is 1. The second kappa shape index (κ2) is 9.46. The van der Waals surface area contributed by atoms with E-state index in [1.54, 1.807) is 0 Å². The van der Waals surface area contributed by atoms with E-state index in [9.17, 15) is 9.59 Å². The van der Waals surface area contributed by atoms with Crippen LogP contribution in [0.4, 0.5) is 15.3 Å². The van der Waals surface area contributed by atoms with Crippen LogP contribution in [0.25, 0.3) is 0 Å². The molecule has 1 aliphatic carbocycles. The van der Waals surface area contributed by atoms with E-state index in [-0.39, 0.29) is 18.1 Å². The number of hydrogen-bond acceptors (Lipinski definition) is 2. The third-order valence-electron chi connectivity index (χ3n) is 5.35. The highest BCUT2D eigenvalue weighted by atomic mass is 16.2. The number of hydrogen-bond donors (Lipinski definition) is 3. The van der Waals surface area contributed by atoms with E-state index in [2.05, 4.69) is 16.0 Å². The molecule has 1 aromatic carbocycles. The molecule has 3 rings (SSSR count). The number of nitrogens with one attached hydrogen (secondary N) is 3. The van der Waals surface area contributed by atoms with Gasteiger partial charge in [-0.3, -0.25) is 0 Å². The molecule has 1 heterocycles. The topological polar surface area (TPSA) is 73.5 Å². The summed E-state index contributed by atoms with van der Waals surface area (Å²) in [6.45, 7) is 1.25. The van der Waals surface area contributed by atoms with E-state index in [0.29, 0.717) is 12.6 Å². The standard InChI is InChI=1S/C20H30N4O2/c25-19(22-16-9-3-1-4-10-16)21-15-18-13-7-8-14-24(18)20(26)23-17-11-5-2-6-12-17/h1,3-4,9-10,17-18H,2,5-8,11-15H2,(H,23,26)(H2,21,22,25)/t18-/m1/s1. The number of carbonyl (C=O) groups is 2. The number of carbonyl (C=O) groups excluding carboxylic acids is 2. The molecule has 4 amide bonds. The quantitative estimate of drug-likeness (QED) is 0.768. The second-order valence-corrected chi connectivity index (χ2v) is 7.33. The predicted octanol–water partition coefficient (Wildman–Crippen LogP) is 3.70. The molecular formula is C20H30N4O2. The number of benzene rings is 1. The maximum absolute atomic E-state index is 12.7. The Morgan fingerprint density at radius 3 is 2.46 bits per heavy atom. The average molecular weight is 358 g/mol. The Morgan fingerprint density at radius 2 is 1.69 bits per heavy atom.